The highest BCUT2D eigenvalue weighted by atomic mass is 32.2. The summed E-state index contributed by atoms with van der Waals surface area (Å²) in [6, 6.07) is 6.88. The van der Waals surface area contributed by atoms with Crippen molar-refractivity contribution in [2.45, 2.75) is 88.1 Å². The van der Waals surface area contributed by atoms with Gasteiger partial charge in [0.2, 0.25) is 17.7 Å². The third-order valence-corrected chi connectivity index (χ3v) is 9.65. The van der Waals surface area contributed by atoms with Gasteiger partial charge in [0.1, 0.15) is 11.6 Å². The van der Waals surface area contributed by atoms with Crippen molar-refractivity contribution in [1.29, 1.82) is 0 Å². The highest BCUT2D eigenvalue weighted by Gasteiger charge is 2.74. The van der Waals surface area contributed by atoms with E-state index in [1.54, 1.807) is 16.7 Å². The Kier molecular flexibility index (Phi) is 6.72. The lowest BCUT2D eigenvalue weighted by Gasteiger charge is -2.41. The van der Waals surface area contributed by atoms with Gasteiger partial charge in [0.05, 0.1) is 17.9 Å². The smallest absolute Gasteiger partial charge is 0.246 e. The molecule has 3 fully saturated rings. The van der Waals surface area contributed by atoms with Gasteiger partial charge in [-0.1, -0.05) is 44.9 Å². The van der Waals surface area contributed by atoms with Crippen LogP contribution in [-0.2, 0) is 19.1 Å². The van der Waals surface area contributed by atoms with Crippen LogP contribution in [0.3, 0.4) is 0 Å². The zero-order valence-corrected chi connectivity index (χ0v) is 23.4. The number of nitrogens with one attached hydrogen (secondary N) is 2. The van der Waals surface area contributed by atoms with Gasteiger partial charge >= 0.3 is 0 Å². The van der Waals surface area contributed by atoms with Crippen molar-refractivity contribution in [1.82, 2.24) is 10.2 Å². The molecule has 2 bridgehead atoms. The van der Waals surface area contributed by atoms with Gasteiger partial charge in [0, 0.05) is 22.2 Å². The molecule has 37 heavy (non-hydrogen) atoms. The number of anilines is 1. The Labute approximate surface area is 224 Å². The van der Waals surface area contributed by atoms with E-state index in [2.05, 4.69) is 24.5 Å². The summed E-state index contributed by atoms with van der Waals surface area (Å²) < 4.78 is 6.47. The predicted octanol–water partition coefficient (Wildman–Crippen LogP) is 4.24. The van der Waals surface area contributed by atoms with Crippen LogP contribution < -0.4 is 10.6 Å². The third-order valence-electron chi connectivity index (χ3n) is 8.92. The van der Waals surface area contributed by atoms with Gasteiger partial charge < -0.3 is 20.3 Å². The molecular weight excluding hydrogens is 486 g/mol. The first-order chi connectivity index (χ1) is 17.5. The zero-order valence-electron chi connectivity index (χ0n) is 22.6. The van der Waals surface area contributed by atoms with Crippen LogP contribution in [0.4, 0.5) is 5.69 Å². The van der Waals surface area contributed by atoms with Gasteiger partial charge in [0.15, 0.2) is 0 Å². The van der Waals surface area contributed by atoms with Crippen LogP contribution in [0.25, 0.3) is 0 Å². The summed E-state index contributed by atoms with van der Waals surface area (Å²) in [5, 5.41) is 6.31. The molecule has 200 valence electrons. The normalized spacial score (nSPS) is 36.5. The molecule has 2 saturated heterocycles. The Morgan fingerprint density at radius 3 is 2.62 bits per heavy atom. The van der Waals surface area contributed by atoms with E-state index >= 15 is 0 Å². The summed E-state index contributed by atoms with van der Waals surface area (Å²) in [4.78, 5) is 44.4. The lowest BCUT2D eigenvalue weighted by molar-refractivity contribution is -0.147. The van der Waals surface area contributed by atoms with E-state index in [1.165, 1.54) is 6.42 Å². The second-order valence-corrected chi connectivity index (χ2v) is 13.1. The minimum atomic E-state index is -1.15. The number of carbonyl (C=O) groups excluding carboxylic acids is 3. The second kappa shape index (κ2) is 9.45. The molecule has 1 aromatic rings. The van der Waals surface area contributed by atoms with Crippen LogP contribution in [0, 0.1) is 23.7 Å². The molecule has 5 rings (SSSR count). The first kappa shape index (κ1) is 26.3. The molecule has 4 aliphatic rings. The van der Waals surface area contributed by atoms with Crippen molar-refractivity contribution in [3.05, 3.63) is 36.4 Å². The number of amides is 3. The Balaban J connectivity index is 1.45. The fourth-order valence-corrected chi connectivity index (χ4v) is 7.32. The Morgan fingerprint density at radius 1 is 1.16 bits per heavy atom. The lowest BCUT2D eigenvalue weighted by atomic mass is 9.73. The third kappa shape index (κ3) is 4.30. The molecule has 8 heteroatoms. The van der Waals surface area contributed by atoms with Gasteiger partial charge in [-0.2, -0.15) is 0 Å². The average Bonchev–Trinajstić information content (AvgIpc) is 3.49. The van der Waals surface area contributed by atoms with E-state index in [1.807, 2.05) is 63.4 Å². The Hall–Kier alpha value is -2.32. The summed E-state index contributed by atoms with van der Waals surface area (Å²) in [7, 11) is 0. The maximum Gasteiger partial charge on any atom is 0.246 e. The van der Waals surface area contributed by atoms with Crippen LogP contribution in [0.1, 0.15) is 53.9 Å². The van der Waals surface area contributed by atoms with Crippen molar-refractivity contribution in [3.8, 4) is 0 Å². The molecule has 0 aromatic heterocycles. The molecule has 1 saturated carbocycles. The number of likely N-dealkylation sites (tertiary alicyclic amines) is 1. The van der Waals surface area contributed by atoms with Crippen LogP contribution in [0.2, 0.25) is 0 Å². The van der Waals surface area contributed by atoms with E-state index < -0.39 is 35.1 Å². The largest absolute Gasteiger partial charge is 0.359 e. The summed E-state index contributed by atoms with van der Waals surface area (Å²) in [5.74, 6) is -1.19. The van der Waals surface area contributed by atoms with E-state index in [-0.39, 0.29) is 23.8 Å². The minimum absolute atomic E-state index is 0.0639. The summed E-state index contributed by atoms with van der Waals surface area (Å²) in [6.45, 7) is 10.2. The van der Waals surface area contributed by atoms with E-state index in [4.69, 9.17) is 4.74 Å². The highest BCUT2D eigenvalue weighted by Crippen LogP contribution is 2.56. The highest BCUT2D eigenvalue weighted by molar-refractivity contribution is 7.98. The SMILES string of the molecule is CSc1cccc(NC(=O)C2C3C=CC4(O3)C2C(=O)N(C(C)(C)C)C4C(=O)NC2CCCC(C)C2C)c1. The van der Waals surface area contributed by atoms with Gasteiger partial charge in [0.25, 0.3) is 0 Å². The van der Waals surface area contributed by atoms with Crippen molar-refractivity contribution < 1.29 is 19.1 Å². The number of fused-ring (bicyclic) bond motifs is 1. The number of hydrogen-bond acceptors (Lipinski definition) is 5. The quantitative estimate of drug-likeness (QED) is 0.444. The van der Waals surface area contributed by atoms with Crippen molar-refractivity contribution in [3.63, 3.8) is 0 Å². The first-order valence-corrected chi connectivity index (χ1v) is 14.7. The maximum atomic E-state index is 14.1. The molecule has 3 heterocycles. The Morgan fingerprint density at radius 2 is 1.92 bits per heavy atom. The molecule has 1 aromatic carbocycles. The van der Waals surface area contributed by atoms with Gasteiger partial charge in [-0.25, -0.2) is 0 Å². The van der Waals surface area contributed by atoms with E-state index in [9.17, 15) is 14.4 Å². The Bertz CT molecular complexity index is 1130. The van der Waals surface area contributed by atoms with Crippen LogP contribution in [0.5, 0.6) is 0 Å². The van der Waals surface area contributed by atoms with Gasteiger partial charge in [-0.15, -0.1) is 11.8 Å². The van der Waals surface area contributed by atoms with E-state index in [0.29, 0.717) is 17.5 Å². The van der Waals surface area contributed by atoms with Crippen molar-refractivity contribution in [2.24, 2.45) is 23.7 Å². The molecule has 3 amide bonds. The molecule has 7 nitrogen and oxygen atoms in total. The molecule has 2 N–H and O–H groups in total. The van der Waals surface area contributed by atoms with Crippen LogP contribution in [0.15, 0.2) is 41.3 Å². The van der Waals surface area contributed by atoms with Gasteiger partial charge in [-0.05, 0) is 63.5 Å². The summed E-state index contributed by atoms with van der Waals surface area (Å²) in [6.07, 6.45) is 8.37. The number of ether oxygens (including phenoxy) is 1. The number of thioether (sulfide) groups is 1. The lowest BCUT2D eigenvalue weighted by Crippen LogP contribution is -2.61. The molecule has 1 spiro atoms. The van der Waals surface area contributed by atoms with Crippen molar-refractivity contribution in [2.75, 3.05) is 11.6 Å². The predicted molar refractivity (Wildman–Crippen MR) is 145 cm³/mol. The molecule has 3 aliphatic heterocycles. The molecule has 8 unspecified atom stereocenters. The monoisotopic (exact) mass is 525 g/mol. The first-order valence-electron chi connectivity index (χ1n) is 13.4. The van der Waals surface area contributed by atoms with Crippen LogP contribution >= 0.6 is 11.8 Å². The van der Waals surface area contributed by atoms with E-state index in [0.717, 1.165) is 17.7 Å². The van der Waals surface area contributed by atoms with Crippen molar-refractivity contribution >= 4 is 35.2 Å². The minimum Gasteiger partial charge on any atom is -0.359 e. The number of benzene rings is 1. The van der Waals surface area contributed by atoms with Gasteiger partial charge in [-0.3, -0.25) is 14.4 Å². The number of nitrogens with zero attached hydrogens (tertiary/aromatic N) is 1. The summed E-state index contributed by atoms with van der Waals surface area (Å²) in [5.41, 5.74) is -1.08. The number of hydrogen-bond donors (Lipinski definition) is 2. The number of rotatable bonds is 5. The average molecular weight is 526 g/mol. The maximum absolute atomic E-state index is 14.1. The fourth-order valence-electron chi connectivity index (χ4n) is 6.87. The zero-order chi connectivity index (χ0) is 26.7. The molecule has 8 atom stereocenters. The molecule has 1 aliphatic carbocycles. The number of carbonyl (C=O) groups is 3. The topological polar surface area (TPSA) is 87.7 Å². The van der Waals surface area contributed by atoms with Crippen LogP contribution in [-0.4, -0.2) is 58.2 Å². The summed E-state index contributed by atoms with van der Waals surface area (Å²) >= 11 is 1.60. The molecular formula is C29H39N3O4S. The second-order valence-electron chi connectivity index (χ2n) is 12.2. The standard InChI is InChI=1S/C29H39N3O4S/c1-16-9-7-12-20(17(16)2)31-26(34)24-29-14-13-21(36-29)22(23(29)27(35)32(24)28(3,4)5)25(33)30-18-10-8-11-19(15-18)37-6/h8,10-11,13-17,20-24H,7,9,12H2,1-6H3,(H,30,33)(H,31,34). The molecule has 0 radical (unpaired) electrons. The fraction of sp³-hybridized carbons (Fsp3) is 0.621.